The molecule has 10 heteroatoms. The van der Waals surface area contributed by atoms with Gasteiger partial charge in [0.2, 0.25) is 5.91 Å². The Bertz CT molecular complexity index is 1550. The van der Waals surface area contributed by atoms with Crippen LogP contribution in [-0.4, -0.2) is 33.0 Å². The lowest BCUT2D eigenvalue weighted by Crippen LogP contribution is -2.41. The van der Waals surface area contributed by atoms with Gasteiger partial charge in [0.05, 0.1) is 12.7 Å². The van der Waals surface area contributed by atoms with Gasteiger partial charge in [-0.3, -0.25) is 9.59 Å². The molecule has 216 valence electrons. The predicted molar refractivity (Wildman–Crippen MR) is 158 cm³/mol. The van der Waals surface area contributed by atoms with E-state index in [-0.39, 0.29) is 18.9 Å². The van der Waals surface area contributed by atoms with Crippen LogP contribution in [-0.2, 0) is 34.0 Å². The quantitative estimate of drug-likeness (QED) is 0.177. The molecule has 4 rings (SSSR count). The molecule has 1 unspecified atom stereocenters. The number of benzene rings is 3. The molecule has 3 aromatic carbocycles. The fourth-order valence-electron chi connectivity index (χ4n) is 4.30. The normalized spacial score (nSPS) is 13.1. The smallest absolute Gasteiger partial charge is 0.307 e. The highest BCUT2D eigenvalue weighted by Crippen LogP contribution is 2.34. The van der Waals surface area contributed by atoms with Crippen LogP contribution in [0.25, 0.3) is 22.1 Å². The summed E-state index contributed by atoms with van der Waals surface area (Å²) in [6.45, 7) is 6.24. The Balaban J connectivity index is 1.65. The third-order valence-electron chi connectivity index (χ3n) is 6.29. The molecule has 0 aliphatic heterocycles. The van der Waals surface area contributed by atoms with E-state index >= 15 is 0 Å². The molecule has 1 aromatic heterocycles. The van der Waals surface area contributed by atoms with Gasteiger partial charge in [-0.2, -0.15) is 0 Å². The molecule has 1 heterocycles. The van der Waals surface area contributed by atoms with Crippen LogP contribution in [0.2, 0.25) is 0 Å². The number of hydrogen-bond donors (Lipinski definition) is 3. The molecule has 0 aliphatic carbocycles. The van der Waals surface area contributed by atoms with Crippen LogP contribution in [0.1, 0.15) is 50.4 Å². The first kappa shape index (κ1) is 30.1. The number of ether oxygens (including phenoxy) is 1. The molecule has 8 nitrogen and oxygen atoms in total. The van der Waals surface area contributed by atoms with E-state index in [1.54, 1.807) is 30.5 Å². The van der Waals surface area contributed by atoms with Gasteiger partial charge in [0.25, 0.3) is 0 Å². The van der Waals surface area contributed by atoms with Crippen molar-refractivity contribution in [2.45, 2.75) is 51.5 Å². The van der Waals surface area contributed by atoms with Gasteiger partial charge in [0, 0.05) is 46.6 Å². The van der Waals surface area contributed by atoms with E-state index in [9.17, 15) is 23.6 Å². The molecule has 0 radical (unpaired) electrons. The number of anilines is 1. The average molecular weight is 581 g/mol. The number of aliphatic carboxylic acids is 1. The number of hydrogen-bond acceptors (Lipinski definition) is 6. The SMILES string of the molecule is CC(=O)Nc1ccc(CC(=O)O)c(OCc2cc(-c3cccc([C@H](CF)N[S+]([O-])C(C)(C)C)c3)c3occc3c2)c1. The second kappa shape index (κ2) is 12.8. The molecule has 0 bridgehead atoms. The second-order valence-electron chi connectivity index (χ2n) is 10.7. The number of carbonyl (C=O) groups is 2. The highest BCUT2D eigenvalue weighted by Gasteiger charge is 2.30. The molecule has 0 aliphatic rings. The van der Waals surface area contributed by atoms with Crippen LogP contribution < -0.4 is 14.8 Å². The molecule has 0 fully saturated rings. The van der Waals surface area contributed by atoms with Gasteiger partial charge in [0.15, 0.2) is 0 Å². The minimum atomic E-state index is -1.46. The zero-order valence-corrected chi connectivity index (χ0v) is 24.1. The van der Waals surface area contributed by atoms with Crippen molar-refractivity contribution in [2.24, 2.45) is 0 Å². The lowest BCUT2D eigenvalue weighted by Gasteiger charge is -2.27. The van der Waals surface area contributed by atoms with Crippen molar-refractivity contribution >= 4 is 39.9 Å². The van der Waals surface area contributed by atoms with Crippen molar-refractivity contribution in [1.82, 2.24) is 4.72 Å². The van der Waals surface area contributed by atoms with Crippen molar-refractivity contribution in [3.05, 3.63) is 83.6 Å². The summed E-state index contributed by atoms with van der Waals surface area (Å²) in [6, 6.07) is 17.1. The molecule has 3 N–H and O–H groups in total. The Kier molecular flexibility index (Phi) is 9.37. The van der Waals surface area contributed by atoms with Gasteiger partial charge in [-0.1, -0.05) is 24.3 Å². The molecule has 0 saturated heterocycles. The number of rotatable bonds is 11. The van der Waals surface area contributed by atoms with E-state index in [1.165, 1.54) is 6.92 Å². The Morgan fingerprint density at radius 1 is 1.12 bits per heavy atom. The number of carboxylic acids is 1. The van der Waals surface area contributed by atoms with Crippen molar-refractivity contribution in [3.8, 4) is 16.9 Å². The summed E-state index contributed by atoms with van der Waals surface area (Å²) in [6.07, 6.45) is 1.35. The molecule has 4 aromatic rings. The number of halogens is 1. The number of carboxylic acid groups (broad SMARTS) is 1. The number of nitrogens with one attached hydrogen (secondary N) is 2. The molecule has 1 amide bonds. The van der Waals surface area contributed by atoms with E-state index < -0.39 is 34.8 Å². The van der Waals surface area contributed by atoms with Crippen LogP contribution >= 0.6 is 0 Å². The first-order valence-electron chi connectivity index (χ1n) is 13.0. The van der Waals surface area contributed by atoms with Crippen LogP contribution in [0.4, 0.5) is 10.1 Å². The van der Waals surface area contributed by atoms with Crippen molar-refractivity contribution in [2.75, 3.05) is 12.0 Å². The van der Waals surface area contributed by atoms with Gasteiger partial charge in [0.1, 0.15) is 35.4 Å². The van der Waals surface area contributed by atoms with Crippen molar-refractivity contribution < 1.29 is 32.8 Å². The average Bonchev–Trinajstić information content (AvgIpc) is 3.39. The fraction of sp³-hybridized carbons (Fsp3) is 0.290. The third-order valence-corrected chi connectivity index (χ3v) is 7.91. The number of carbonyl (C=O) groups excluding carboxylic acids is 1. The Labute approximate surface area is 241 Å². The molecular formula is C31H33FN2O6S. The lowest BCUT2D eigenvalue weighted by atomic mass is 9.97. The first-order valence-corrected chi connectivity index (χ1v) is 14.2. The summed E-state index contributed by atoms with van der Waals surface area (Å²) in [5.41, 5.74) is 4.60. The fourth-order valence-corrected chi connectivity index (χ4v) is 5.11. The molecule has 0 spiro atoms. The number of furan rings is 1. The largest absolute Gasteiger partial charge is 0.598 e. The summed E-state index contributed by atoms with van der Waals surface area (Å²) in [4.78, 5) is 22.9. The molecule has 41 heavy (non-hydrogen) atoms. The minimum absolute atomic E-state index is 0.114. The zero-order chi connectivity index (χ0) is 29.7. The Morgan fingerprint density at radius 2 is 1.90 bits per heavy atom. The number of fused-ring (bicyclic) bond motifs is 1. The highest BCUT2D eigenvalue weighted by atomic mass is 32.2. The van der Waals surface area contributed by atoms with E-state index in [1.807, 2.05) is 57.2 Å². The number of alkyl halides is 1. The van der Waals surface area contributed by atoms with Gasteiger partial charge in [-0.25, -0.2) is 4.39 Å². The van der Waals surface area contributed by atoms with Gasteiger partial charge < -0.3 is 24.1 Å². The van der Waals surface area contributed by atoms with E-state index in [4.69, 9.17) is 9.15 Å². The summed E-state index contributed by atoms with van der Waals surface area (Å²) in [5.74, 6) is -0.913. The molecule has 2 atom stereocenters. The van der Waals surface area contributed by atoms with Crippen LogP contribution in [0.15, 0.2) is 71.3 Å². The van der Waals surface area contributed by atoms with Gasteiger partial charge in [-0.05, 0) is 67.8 Å². The topological polar surface area (TPSA) is 124 Å². The summed E-state index contributed by atoms with van der Waals surface area (Å²) in [7, 11) is 0. The maximum Gasteiger partial charge on any atom is 0.307 e. The van der Waals surface area contributed by atoms with Crippen molar-refractivity contribution in [3.63, 3.8) is 0 Å². The van der Waals surface area contributed by atoms with E-state index in [0.717, 1.165) is 22.1 Å². The first-order chi connectivity index (χ1) is 19.4. The second-order valence-corrected chi connectivity index (χ2v) is 12.7. The van der Waals surface area contributed by atoms with E-state index in [0.29, 0.717) is 28.1 Å². The van der Waals surface area contributed by atoms with Crippen LogP contribution in [0, 0.1) is 0 Å². The van der Waals surface area contributed by atoms with E-state index in [2.05, 4.69) is 10.0 Å². The monoisotopic (exact) mass is 580 g/mol. The third kappa shape index (κ3) is 7.66. The highest BCUT2D eigenvalue weighted by molar-refractivity contribution is 7.90. The van der Waals surface area contributed by atoms with Crippen LogP contribution in [0.5, 0.6) is 5.75 Å². The molecular weight excluding hydrogens is 547 g/mol. The maximum atomic E-state index is 14.1. The van der Waals surface area contributed by atoms with Crippen molar-refractivity contribution in [1.29, 1.82) is 0 Å². The number of amides is 1. The lowest BCUT2D eigenvalue weighted by molar-refractivity contribution is -0.136. The summed E-state index contributed by atoms with van der Waals surface area (Å²) in [5, 5.41) is 12.9. The van der Waals surface area contributed by atoms with Gasteiger partial charge >= 0.3 is 5.97 Å². The summed E-state index contributed by atoms with van der Waals surface area (Å²) >= 11 is -1.46. The standard InChI is InChI=1S/C31H33FN2O6S/c1-19(35)33-25-9-8-23(15-29(36)37)28(16-25)40-18-20-12-24-10-11-39-30(24)26(13-20)21-6-5-7-22(14-21)27(17-32)34-41(38)31(2,3)4/h5-14,16,27,34H,15,17-18H2,1-4H3,(H,33,35)(H,36,37)/t27-,41?/m0/s1. The van der Waals surface area contributed by atoms with Crippen LogP contribution in [0.3, 0.4) is 0 Å². The Hall–Kier alpha value is -3.86. The summed E-state index contributed by atoms with van der Waals surface area (Å²) < 4.78 is 40.9. The molecule has 0 saturated carbocycles. The zero-order valence-electron chi connectivity index (χ0n) is 23.3. The van der Waals surface area contributed by atoms with Gasteiger partial charge in [-0.15, -0.1) is 4.72 Å². The maximum absolute atomic E-state index is 14.1. The minimum Gasteiger partial charge on any atom is -0.598 e. The predicted octanol–water partition coefficient (Wildman–Crippen LogP) is 6.33. The Morgan fingerprint density at radius 3 is 2.59 bits per heavy atom.